The minimum Gasteiger partial charge on any atom is -0.506 e. The van der Waals surface area contributed by atoms with Crippen molar-refractivity contribution in [3.8, 4) is 5.75 Å². The fourth-order valence-electron chi connectivity index (χ4n) is 2.05. The van der Waals surface area contributed by atoms with Crippen LogP contribution in [0.1, 0.15) is 22.8 Å². The zero-order chi connectivity index (χ0) is 12.6. The van der Waals surface area contributed by atoms with E-state index in [1.165, 1.54) is 0 Å². The second-order valence-electron chi connectivity index (χ2n) is 3.72. The molecule has 0 heterocycles. The molecule has 0 fully saturated rings. The Labute approximate surface area is 107 Å². The maximum Gasteiger partial charge on any atom is 0.339 e. The Morgan fingerprint density at radius 2 is 1.88 bits per heavy atom. The first-order chi connectivity index (χ1) is 8.07. The van der Waals surface area contributed by atoms with Gasteiger partial charge in [-0.05, 0) is 38.7 Å². The summed E-state index contributed by atoms with van der Waals surface area (Å²) in [5, 5.41) is 20.8. The number of aromatic carboxylic acids is 1. The number of carboxylic acid groups (broad SMARTS) is 1. The number of carbonyl (C=O) groups is 1. The van der Waals surface area contributed by atoms with E-state index in [4.69, 9.17) is 0 Å². The Morgan fingerprint density at radius 3 is 2.41 bits per heavy atom. The van der Waals surface area contributed by atoms with Crippen LogP contribution in [-0.2, 0) is 6.42 Å². The molecule has 0 atom stereocenters. The Morgan fingerprint density at radius 1 is 1.29 bits per heavy atom. The summed E-state index contributed by atoms with van der Waals surface area (Å²) in [5.74, 6) is -1.31. The monoisotopic (exact) mass is 294 g/mol. The highest BCUT2D eigenvalue weighted by molar-refractivity contribution is 9.10. The molecule has 17 heavy (non-hydrogen) atoms. The minimum atomic E-state index is -1.11. The lowest BCUT2D eigenvalue weighted by atomic mass is 9.96. The van der Waals surface area contributed by atoms with Crippen LogP contribution in [0.2, 0.25) is 0 Å². The average Bonchev–Trinajstić information content (AvgIpc) is 2.33. The van der Waals surface area contributed by atoms with Gasteiger partial charge >= 0.3 is 5.97 Å². The Kier molecular flexibility index (Phi) is 3.07. The zero-order valence-corrected chi connectivity index (χ0v) is 10.8. The van der Waals surface area contributed by atoms with E-state index in [1.54, 1.807) is 0 Å². The molecule has 0 saturated carbocycles. The quantitative estimate of drug-likeness (QED) is 0.890. The molecule has 0 unspecified atom stereocenters. The third kappa shape index (κ3) is 1.78. The van der Waals surface area contributed by atoms with Crippen LogP contribution in [0.25, 0.3) is 10.8 Å². The molecule has 0 aliphatic heterocycles. The smallest absolute Gasteiger partial charge is 0.339 e. The highest BCUT2D eigenvalue weighted by Gasteiger charge is 2.21. The minimum absolute atomic E-state index is 0.0157. The van der Waals surface area contributed by atoms with Gasteiger partial charge in [0.05, 0.1) is 4.47 Å². The van der Waals surface area contributed by atoms with E-state index in [-0.39, 0.29) is 11.3 Å². The van der Waals surface area contributed by atoms with E-state index in [2.05, 4.69) is 15.9 Å². The summed E-state index contributed by atoms with van der Waals surface area (Å²) in [5.41, 5.74) is 0.645. The molecule has 88 valence electrons. The predicted octanol–water partition coefficient (Wildman–Crippen LogP) is 3.57. The van der Waals surface area contributed by atoms with E-state index in [1.807, 2.05) is 31.2 Å². The Hall–Kier alpha value is -1.55. The molecule has 2 aromatic rings. The fourth-order valence-corrected chi connectivity index (χ4v) is 2.59. The number of phenols is 1. The first-order valence-electron chi connectivity index (χ1n) is 5.23. The highest BCUT2D eigenvalue weighted by Crippen LogP contribution is 2.39. The molecule has 0 bridgehead atoms. The van der Waals surface area contributed by atoms with Gasteiger partial charge in [0.15, 0.2) is 0 Å². The van der Waals surface area contributed by atoms with Crippen molar-refractivity contribution >= 4 is 32.7 Å². The van der Waals surface area contributed by atoms with Gasteiger partial charge in [0, 0.05) is 0 Å². The lowest BCUT2D eigenvalue weighted by Gasteiger charge is -2.13. The van der Waals surface area contributed by atoms with Crippen LogP contribution in [0.15, 0.2) is 28.7 Å². The van der Waals surface area contributed by atoms with Crippen LogP contribution in [0.5, 0.6) is 5.75 Å². The number of aryl methyl sites for hydroxylation is 1. The van der Waals surface area contributed by atoms with Crippen molar-refractivity contribution in [1.82, 2.24) is 0 Å². The van der Waals surface area contributed by atoms with Crippen LogP contribution < -0.4 is 0 Å². The van der Waals surface area contributed by atoms with Crippen LogP contribution in [0.4, 0.5) is 0 Å². The normalized spacial score (nSPS) is 10.7. The fraction of sp³-hybridized carbons (Fsp3) is 0.154. The SMILES string of the molecule is CCc1c(C(=O)O)c(O)c(Br)c2ccccc12. The summed E-state index contributed by atoms with van der Waals surface area (Å²) in [6.45, 7) is 1.88. The molecule has 0 aliphatic rings. The first kappa shape index (κ1) is 11.9. The second-order valence-corrected chi connectivity index (χ2v) is 4.51. The summed E-state index contributed by atoms with van der Waals surface area (Å²) in [6, 6.07) is 7.43. The summed E-state index contributed by atoms with van der Waals surface area (Å²) >= 11 is 3.25. The Balaban J connectivity index is 3.00. The van der Waals surface area contributed by atoms with Gasteiger partial charge in [-0.2, -0.15) is 0 Å². The van der Waals surface area contributed by atoms with Crippen molar-refractivity contribution in [2.45, 2.75) is 13.3 Å². The van der Waals surface area contributed by atoms with Crippen LogP contribution in [0, 0.1) is 0 Å². The zero-order valence-electron chi connectivity index (χ0n) is 9.20. The number of halogens is 1. The third-order valence-corrected chi connectivity index (χ3v) is 3.61. The number of hydrogen-bond acceptors (Lipinski definition) is 2. The van der Waals surface area contributed by atoms with Gasteiger partial charge in [0.1, 0.15) is 11.3 Å². The van der Waals surface area contributed by atoms with Crippen LogP contribution >= 0.6 is 15.9 Å². The number of fused-ring (bicyclic) bond motifs is 1. The van der Waals surface area contributed by atoms with Gasteiger partial charge in [-0.1, -0.05) is 31.2 Å². The van der Waals surface area contributed by atoms with Gasteiger partial charge in [-0.3, -0.25) is 0 Å². The molecule has 0 aromatic heterocycles. The van der Waals surface area contributed by atoms with Crippen molar-refractivity contribution < 1.29 is 15.0 Å². The number of benzene rings is 2. The highest BCUT2D eigenvalue weighted by atomic mass is 79.9. The maximum atomic E-state index is 11.2. The van der Waals surface area contributed by atoms with E-state index in [9.17, 15) is 15.0 Å². The lowest BCUT2D eigenvalue weighted by molar-refractivity contribution is 0.0692. The summed E-state index contributed by atoms with van der Waals surface area (Å²) < 4.78 is 0.433. The van der Waals surface area contributed by atoms with Crippen molar-refractivity contribution in [2.75, 3.05) is 0 Å². The molecular weight excluding hydrogens is 284 g/mol. The first-order valence-corrected chi connectivity index (χ1v) is 6.02. The summed E-state index contributed by atoms with van der Waals surface area (Å²) in [7, 11) is 0. The van der Waals surface area contributed by atoms with Gasteiger partial charge < -0.3 is 10.2 Å². The predicted molar refractivity (Wildman–Crippen MR) is 69.7 cm³/mol. The Bertz CT molecular complexity index is 605. The third-order valence-electron chi connectivity index (χ3n) is 2.80. The van der Waals surface area contributed by atoms with Crippen LogP contribution in [-0.4, -0.2) is 16.2 Å². The average molecular weight is 295 g/mol. The largest absolute Gasteiger partial charge is 0.506 e. The van der Waals surface area contributed by atoms with Crippen molar-refractivity contribution in [3.05, 3.63) is 39.9 Å². The van der Waals surface area contributed by atoms with Gasteiger partial charge in [0.2, 0.25) is 0 Å². The summed E-state index contributed by atoms with van der Waals surface area (Å²) in [4.78, 5) is 11.2. The molecule has 0 amide bonds. The molecule has 0 saturated heterocycles. The van der Waals surface area contributed by atoms with Gasteiger partial charge in [-0.15, -0.1) is 0 Å². The molecule has 2 aromatic carbocycles. The van der Waals surface area contributed by atoms with Crippen molar-refractivity contribution in [1.29, 1.82) is 0 Å². The maximum absolute atomic E-state index is 11.2. The molecule has 0 aliphatic carbocycles. The number of carboxylic acids is 1. The summed E-state index contributed by atoms with van der Waals surface area (Å²) in [6.07, 6.45) is 0.559. The molecule has 2 rings (SSSR count). The standard InChI is InChI=1S/C13H11BrO3/c1-2-7-8-5-3-4-6-9(8)11(14)12(15)10(7)13(16)17/h3-6,15H,2H2,1H3,(H,16,17). The van der Waals surface area contributed by atoms with E-state index < -0.39 is 5.97 Å². The number of hydrogen-bond donors (Lipinski definition) is 2. The van der Waals surface area contributed by atoms with E-state index in [0.717, 1.165) is 10.8 Å². The molecular formula is C13H11BrO3. The van der Waals surface area contributed by atoms with Gasteiger partial charge in [-0.25, -0.2) is 4.79 Å². The second kappa shape index (κ2) is 4.37. The molecule has 0 radical (unpaired) electrons. The molecule has 2 N–H and O–H groups in total. The van der Waals surface area contributed by atoms with Crippen LogP contribution in [0.3, 0.4) is 0 Å². The molecule has 0 spiro atoms. The topological polar surface area (TPSA) is 57.5 Å². The number of rotatable bonds is 2. The van der Waals surface area contributed by atoms with Crippen molar-refractivity contribution in [3.63, 3.8) is 0 Å². The van der Waals surface area contributed by atoms with Crippen molar-refractivity contribution in [2.24, 2.45) is 0 Å². The molecule has 3 nitrogen and oxygen atoms in total. The number of aromatic hydroxyl groups is 1. The van der Waals surface area contributed by atoms with E-state index >= 15 is 0 Å². The van der Waals surface area contributed by atoms with E-state index in [0.29, 0.717) is 16.5 Å². The lowest BCUT2D eigenvalue weighted by Crippen LogP contribution is -2.04. The molecule has 4 heteroatoms. The van der Waals surface area contributed by atoms with Gasteiger partial charge in [0.25, 0.3) is 0 Å².